The Balaban J connectivity index is 2.08. The van der Waals surface area contributed by atoms with Crippen molar-refractivity contribution in [1.82, 2.24) is 4.57 Å². The topological polar surface area (TPSA) is 71.7 Å². The summed E-state index contributed by atoms with van der Waals surface area (Å²) >= 11 is 12.4. The van der Waals surface area contributed by atoms with Crippen molar-refractivity contribution in [1.29, 1.82) is 0 Å². The number of rotatable bonds is 7. The second kappa shape index (κ2) is 8.69. The molecule has 0 bridgehead atoms. The number of aromatic nitrogens is 1. The van der Waals surface area contributed by atoms with Crippen molar-refractivity contribution < 1.29 is 19.7 Å². The molecule has 3 rings (SSSR count). The summed E-state index contributed by atoms with van der Waals surface area (Å²) in [6.07, 6.45) is 0.556. The third-order valence-electron chi connectivity index (χ3n) is 4.37. The van der Waals surface area contributed by atoms with E-state index in [9.17, 15) is 9.90 Å². The van der Waals surface area contributed by atoms with Crippen molar-refractivity contribution in [3.8, 4) is 28.1 Å². The number of hydrogen-bond acceptors (Lipinski definition) is 3. The lowest BCUT2D eigenvalue weighted by Crippen LogP contribution is -2.05. The molecule has 3 aromatic rings. The second-order valence-electron chi connectivity index (χ2n) is 6.23. The van der Waals surface area contributed by atoms with Crippen LogP contribution in [0.15, 0.2) is 48.5 Å². The van der Waals surface area contributed by atoms with E-state index in [1.807, 2.05) is 24.3 Å². The molecule has 1 heterocycles. The third-order valence-corrected chi connectivity index (χ3v) is 4.92. The fraction of sp³-hybridized carbons (Fsp3) is 0.190. The molecule has 0 atom stereocenters. The Morgan fingerprint density at radius 1 is 1.07 bits per heavy atom. The summed E-state index contributed by atoms with van der Waals surface area (Å²) in [7, 11) is 1.71. The van der Waals surface area contributed by atoms with Gasteiger partial charge in [-0.15, -0.1) is 0 Å². The Hall–Kier alpha value is -2.47. The first-order valence-electron chi connectivity index (χ1n) is 8.65. The van der Waals surface area contributed by atoms with Gasteiger partial charge in [0.1, 0.15) is 11.4 Å². The maximum absolute atomic E-state index is 11.7. The molecule has 146 valence electrons. The van der Waals surface area contributed by atoms with E-state index < -0.39 is 5.97 Å². The van der Waals surface area contributed by atoms with E-state index in [-0.39, 0.29) is 12.3 Å². The first-order valence-corrected chi connectivity index (χ1v) is 9.40. The van der Waals surface area contributed by atoms with Crippen LogP contribution in [0.2, 0.25) is 10.0 Å². The van der Waals surface area contributed by atoms with Crippen molar-refractivity contribution in [2.75, 3.05) is 13.2 Å². The summed E-state index contributed by atoms with van der Waals surface area (Å²) in [5.74, 6) is -0.347. The Morgan fingerprint density at radius 2 is 1.79 bits per heavy atom. The first-order chi connectivity index (χ1) is 13.4. The minimum atomic E-state index is -1.02. The number of carbonyl (C=O) groups is 1. The highest BCUT2D eigenvalue weighted by atomic mass is 35.5. The van der Waals surface area contributed by atoms with E-state index in [0.717, 1.165) is 11.3 Å². The molecule has 0 aliphatic heterocycles. The maximum atomic E-state index is 11.7. The van der Waals surface area contributed by atoms with Gasteiger partial charge in [-0.2, -0.15) is 0 Å². The molecule has 28 heavy (non-hydrogen) atoms. The molecule has 0 aliphatic rings. The number of aliphatic hydroxyl groups excluding tert-OH is 1. The molecular formula is C21H19Cl2NO4. The average molecular weight is 420 g/mol. The SMILES string of the molecule is Cn1c(C(=O)O)cc(-c2ccc(Cl)cc2Cl)c1-c1ccc(OCCCO)cc1. The number of nitrogens with zero attached hydrogens (tertiary/aromatic N) is 1. The molecule has 0 aliphatic carbocycles. The predicted octanol–water partition coefficient (Wildman–Crippen LogP) is 5.13. The molecule has 0 saturated heterocycles. The van der Waals surface area contributed by atoms with Crippen LogP contribution in [0.25, 0.3) is 22.4 Å². The number of carboxylic acid groups (broad SMARTS) is 1. The van der Waals surface area contributed by atoms with E-state index >= 15 is 0 Å². The van der Waals surface area contributed by atoms with Gasteiger partial charge >= 0.3 is 5.97 Å². The molecule has 0 amide bonds. The summed E-state index contributed by atoms with van der Waals surface area (Å²) in [6.45, 7) is 0.499. The number of halogens is 2. The molecule has 0 radical (unpaired) electrons. The highest BCUT2D eigenvalue weighted by Gasteiger charge is 2.21. The van der Waals surface area contributed by atoms with Gasteiger partial charge in [0.05, 0.1) is 12.3 Å². The normalized spacial score (nSPS) is 10.9. The molecule has 5 nitrogen and oxygen atoms in total. The summed E-state index contributed by atoms with van der Waals surface area (Å²) < 4.78 is 7.19. The summed E-state index contributed by atoms with van der Waals surface area (Å²) in [5, 5.41) is 19.4. The Morgan fingerprint density at radius 3 is 2.39 bits per heavy atom. The maximum Gasteiger partial charge on any atom is 0.352 e. The van der Waals surface area contributed by atoms with E-state index in [0.29, 0.717) is 39.9 Å². The zero-order valence-electron chi connectivity index (χ0n) is 15.2. The third kappa shape index (κ3) is 4.17. The number of aromatic carboxylic acids is 1. The minimum absolute atomic E-state index is 0.0740. The Kier molecular flexibility index (Phi) is 6.29. The lowest BCUT2D eigenvalue weighted by Gasteiger charge is -2.12. The lowest BCUT2D eigenvalue weighted by molar-refractivity contribution is 0.0686. The van der Waals surface area contributed by atoms with Gasteiger partial charge in [0, 0.05) is 41.2 Å². The second-order valence-corrected chi connectivity index (χ2v) is 7.07. The van der Waals surface area contributed by atoms with Crippen LogP contribution in [-0.4, -0.2) is 34.0 Å². The number of ether oxygens (including phenoxy) is 1. The number of benzene rings is 2. The summed E-state index contributed by atoms with van der Waals surface area (Å²) in [6, 6.07) is 14.1. The zero-order chi connectivity index (χ0) is 20.3. The molecule has 0 spiro atoms. The van der Waals surface area contributed by atoms with Gasteiger partial charge in [-0.05, 0) is 48.0 Å². The number of aliphatic hydroxyl groups is 1. The summed E-state index contributed by atoms with van der Waals surface area (Å²) in [5.41, 5.74) is 3.11. The minimum Gasteiger partial charge on any atom is -0.494 e. The molecule has 7 heteroatoms. The van der Waals surface area contributed by atoms with Crippen LogP contribution in [0.4, 0.5) is 0 Å². The molecule has 0 fully saturated rings. The molecule has 2 aromatic carbocycles. The largest absolute Gasteiger partial charge is 0.494 e. The molecular weight excluding hydrogens is 401 g/mol. The standard InChI is InChI=1S/C21H19Cl2NO4/c1-24-19(21(26)27)12-17(16-8-5-14(22)11-18(16)23)20(24)13-3-6-15(7-4-13)28-10-2-9-25/h3-8,11-12,25H,2,9-10H2,1H3,(H,26,27). The van der Waals surface area contributed by atoms with Crippen LogP contribution in [-0.2, 0) is 7.05 Å². The highest BCUT2D eigenvalue weighted by molar-refractivity contribution is 6.36. The first kappa shape index (κ1) is 20.3. The van der Waals surface area contributed by atoms with Gasteiger partial charge in [-0.3, -0.25) is 0 Å². The number of hydrogen-bond donors (Lipinski definition) is 2. The van der Waals surface area contributed by atoms with Gasteiger partial charge in [0.2, 0.25) is 0 Å². The Bertz CT molecular complexity index is 996. The molecule has 2 N–H and O–H groups in total. The van der Waals surface area contributed by atoms with Gasteiger partial charge in [-0.1, -0.05) is 29.3 Å². The molecule has 0 saturated carbocycles. The molecule has 1 aromatic heterocycles. The summed E-state index contributed by atoms with van der Waals surface area (Å²) in [4.78, 5) is 11.7. The van der Waals surface area contributed by atoms with Crippen LogP contribution in [0.1, 0.15) is 16.9 Å². The van der Waals surface area contributed by atoms with Crippen molar-refractivity contribution in [3.05, 3.63) is 64.3 Å². The highest BCUT2D eigenvalue weighted by Crippen LogP contribution is 2.39. The lowest BCUT2D eigenvalue weighted by atomic mass is 10.0. The van der Waals surface area contributed by atoms with Gasteiger partial charge < -0.3 is 19.5 Å². The van der Waals surface area contributed by atoms with E-state index in [1.165, 1.54) is 0 Å². The Labute approximate surface area is 172 Å². The average Bonchev–Trinajstić information content (AvgIpc) is 3.00. The van der Waals surface area contributed by atoms with Crippen LogP contribution >= 0.6 is 23.2 Å². The fourth-order valence-corrected chi connectivity index (χ4v) is 3.54. The monoisotopic (exact) mass is 419 g/mol. The quantitative estimate of drug-likeness (QED) is 0.520. The van der Waals surface area contributed by atoms with Crippen LogP contribution < -0.4 is 4.74 Å². The van der Waals surface area contributed by atoms with Crippen molar-refractivity contribution >= 4 is 29.2 Å². The van der Waals surface area contributed by atoms with E-state index in [4.69, 9.17) is 33.0 Å². The predicted molar refractivity (Wildman–Crippen MR) is 110 cm³/mol. The van der Waals surface area contributed by atoms with Gasteiger partial charge in [0.25, 0.3) is 0 Å². The van der Waals surface area contributed by atoms with Gasteiger partial charge in [-0.25, -0.2) is 4.79 Å². The van der Waals surface area contributed by atoms with Crippen molar-refractivity contribution in [2.45, 2.75) is 6.42 Å². The van der Waals surface area contributed by atoms with Crippen LogP contribution in [0.5, 0.6) is 5.75 Å². The molecule has 0 unspecified atom stereocenters. The van der Waals surface area contributed by atoms with Gasteiger partial charge in [0.15, 0.2) is 0 Å². The van der Waals surface area contributed by atoms with Crippen molar-refractivity contribution in [2.24, 2.45) is 7.05 Å². The zero-order valence-corrected chi connectivity index (χ0v) is 16.7. The van der Waals surface area contributed by atoms with Crippen LogP contribution in [0.3, 0.4) is 0 Å². The fourth-order valence-electron chi connectivity index (χ4n) is 3.03. The van der Waals surface area contributed by atoms with E-state index in [2.05, 4.69) is 0 Å². The van der Waals surface area contributed by atoms with E-state index in [1.54, 1.807) is 35.9 Å². The van der Waals surface area contributed by atoms with Crippen molar-refractivity contribution in [3.63, 3.8) is 0 Å². The smallest absolute Gasteiger partial charge is 0.352 e. The number of carboxylic acids is 1. The van der Waals surface area contributed by atoms with Crippen LogP contribution in [0, 0.1) is 0 Å².